The lowest BCUT2D eigenvalue weighted by Gasteiger charge is -2.38. The number of amides is 1. The number of aliphatic hydroxyl groups is 1. The number of piperidine rings is 1. The van der Waals surface area contributed by atoms with Crippen LogP contribution in [0, 0.1) is 5.82 Å². The van der Waals surface area contributed by atoms with Gasteiger partial charge in [-0.1, -0.05) is 30.3 Å². The number of fused-ring (bicyclic) bond motifs is 1. The monoisotopic (exact) mass is 505 g/mol. The van der Waals surface area contributed by atoms with Crippen LogP contribution in [0.2, 0.25) is 0 Å². The molecule has 2 heterocycles. The van der Waals surface area contributed by atoms with Crippen molar-refractivity contribution >= 4 is 32.5 Å². The number of pyridine rings is 1. The average molecular weight is 506 g/mol. The summed E-state index contributed by atoms with van der Waals surface area (Å²) in [6.45, 7) is 0.685. The summed E-state index contributed by atoms with van der Waals surface area (Å²) in [4.78, 5) is 18.9. The molecule has 0 radical (unpaired) electrons. The molecular weight excluding hydrogens is 481 g/mol. The van der Waals surface area contributed by atoms with Gasteiger partial charge in [-0.2, -0.15) is 0 Å². The van der Waals surface area contributed by atoms with E-state index in [1.807, 2.05) is 0 Å². The zero-order valence-electron chi connectivity index (χ0n) is 19.3. The molecule has 36 heavy (non-hydrogen) atoms. The third kappa shape index (κ3) is 4.67. The van der Waals surface area contributed by atoms with Crippen LogP contribution in [0.3, 0.4) is 0 Å². The molecule has 4 aromatic rings. The molecule has 5 rings (SSSR count). The quantitative estimate of drug-likeness (QED) is 0.421. The summed E-state index contributed by atoms with van der Waals surface area (Å²) in [6.07, 6.45) is 2.21. The third-order valence-corrected chi connectivity index (χ3v) is 7.94. The SMILES string of the molecule is O=C(c1ccc(NS(=O)(=O)c2cccc3cccnc23)cc1)N1CCC(O)(c2ccc(F)cc2)CC1. The highest BCUT2D eigenvalue weighted by Gasteiger charge is 2.35. The number of benzene rings is 3. The number of hydrogen-bond acceptors (Lipinski definition) is 5. The molecule has 0 saturated carbocycles. The Balaban J connectivity index is 1.26. The first-order valence-electron chi connectivity index (χ1n) is 11.5. The molecule has 9 heteroatoms. The van der Waals surface area contributed by atoms with Crippen molar-refractivity contribution in [3.05, 3.63) is 102 Å². The maximum Gasteiger partial charge on any atom is 0.264 e. The van der Waals surface area contributed by atoms with E-state index >= 15 is 0 Å². The van der Waals surface area contributed by atoms with Crippen molar-refractivity contribution in [3.8, 4) is 0 Å². The predicted octanol–water partition coefficient (Wildman–Crippen LogP) is 4.30. The number of sulfonamides is 1. The molecule has 1 aliphatic heterocycles. The van der Waals surface area contributed by atoms with Gasteiger partial charge in [0.15, 0.2) is 0 Å². The fourth-order valence-electron chi connectivity index (χ4n) is 4.50. The third-order valence-electron chi connectivity index (χ3n) is 6.53. The van der Waals surface area contributed by atoms with Crippen molar-refractivity contribution in [2.24, 2.45) is 0 Å². The van der Waals surface area contributed by atoms with Gasteiger partial charge in [-0.15, -0.1) is 0 Å². The van der Waals surface area contributed by atoms with E-state index < -0.39 is 15.6 Å². The Morgan fingerprint density at radius 1 is 0.944 bits per heavy atom. The molecule has 0 atom stereocenters. The first kappa shape index (κ1) is 23.9. The van der Waals surface area contributed by atoms with E-state index in [4.69, 9.17) is 0 Å². The lowest BCUT2D eigenvalue weighted by molar-refractivity contribution is -0.0211. The molecule has 1 aromatic heterocycles. The minimum Gasteiger partial charge on any atom is -0.385 e. The van der Waals surface area contributed by atoms with Crippen LogP contribution in [0.5, 0.6) is 0 Å². The molecule has 0 spiro atoms. The number of carbonyl (C=O) groups excluding carboxylic acids is 1. The number of likely N-dealkylation sites (tertiary alicyclic amines) is 1. The lowest BCUT2D eigenvalue weighted by atomic mass is 9.84. The van der Waals surface area contributed by atoms with Crippen LogP contribution in [-0.4, -0.2) is 42.4 Å². The van der Waals surface area contributed by atoms with Gasteiger partial charge < -0.3 is 10.0 Å². The smallest absolute Gasteiger partial charge is 0.264 e. The highest BCUT2D eigenvalue weighted by atomic mass is 32.2. The predicted molar refractivity (Wildman–Crippen MR) is 134 cm³/mol. The van der Waals surface area contributed by atoms with Crippen LogP contribution >= 0.6 is 0 Å². The van der Waals surface area contributed by atoms with Gasteiger partial charge in [-0.3, -0.25) is 14.5 Å². The van der Waals surface area contributed by atoms with Crippen molar-refractivity contribution in [1.82, 2.24) is 9.88 Å². The van der Waals surface area contributed by atoms with Crippen molar-refractivity contribution in [2.45, 2.75) is 23.3 Å². The van der Waals surface area contributed by atoms with E-state index in [2.05, 4.69) is 9.71 Å². The highest BCUT2D eigenvalue weighted by Crippen LogP contribution is 2.33. The van der Waals surface area contributed by atoms with Crippen molar-refractivity contribution in [1.29, 1.82) is 0 Å². The van der Waals surface area contributed by atoms with E-state index in [9.17, 15) is 22.7 Å². The second-order valence-electron chi connectivity index (χ2n) is 8.84. The fourth-order valence-corrected chi connectivity index (χ4v) is 5.73. The summed E-state index contributed by atoms with van der Waals surface area (Å²) in [5.41, 5.74) is 0.642. The van der Waals surface area contributed by atoms with Crippen LogP contribution in [0.15, 0.2) is 90.0 Å². The molecule has 1 saturated heterocycles. The molecule has 0 unspecified atom stereocenters. The summed E-state index contributed by atoms with van der Waals surface area (Å²) < 4.78 is 41.8. The maximum absolute atomic E-state index is 13.2. The molecule has 2 N–H and O–H groups in total. The Morgan fingerprint density at radius 2 is 1.61 bits per heavy atom. The number of aromatic nitrogens is 1. The summed E-state index contributed by atoms with van der Waals surface area (Å²) in [6, 6.07) is 20.5. The number of para-hydroxylation sites is 1. The first-order valence-corrected chi connectivity index (χ1v) is 13.0. The number of nitrogens with one attached hydrogen (secondary N) is 1. The minimum absolute atomic E-state index is 0.0720. The van der Waals surface area contributed by atoms with Gasteiger partial charge in [0.1, 0.15) is 10.7 Å². The standard InChI is InChI=1S/C27H24FN3O4S/c28-22-10-8-21(9-11-22)27(33)14-17-31(18-15-27)26(32)20-6-12-23(13-7-20)30-36(34,35)24-5-1-3-19-4-2-16-29-25(19)24/h1-13,16,30,33H,14-15,17-18H2. The van der Waals surface area contributed by atoms with Crippen molar-refractivity contribution < 1.29 is 22.7 Å². The molecule has 7 nitrogen and oxygen atoms in total. The Labute approximate surface area is 208 Å². The summed E-state index contributed by atoms with van der Waals surface area (Å²) in [7, 11) is -3.89. The lowest BCUT2D eigenvalue weighted by Crippen LogP contribution is -2.45. The van der Waals surface area contributed by atoms with Gasteiger partial charge in [-0.05, 0) is 66.9 Å². The molecule has 1 amide bonds. The maximum atomic E-state index is 13.2. The molecule has 1 aliphatic rings. The Morgan fingerprint density at radius 3 is 2.31 bits per heavy atom. The van der Waals surface area contributed by atoms with Gasteiger partial charge in [0, 0.05) is 35.9 Å². The number of nitrogens with zero attached hydrogens (tertiary/aromatic N) is 2. The minimum atomic E-state index is -3.89. The molecule has 0 aliphatic carbocycles. The first-order chi connectivity index (χ1) is 17.2. The second-order valence-corrected chi connectivity index (χ2v) is 10.5. The number of rotatable bonds is 5. The Bertz CT molecular complexity index is 1510. The van der Waals surface area contributed by atoms with Gasteiger partial charge >= 0.3 is 0 Å². The number of anilines is 1. The van der Waals surface area contributed by atoms with Gasteiger partial charge in [-0.25, -0.2) is 12.8 Å². The number of carbonyl (C=O) groups is 1. The largest absolute Gasteiger partial charge is 0.385 e. The van der Waals surface area contributed by atoms with Gasteiger partial charge in [0.05, 0.1) is 11.1 Å². The number of hydrogen-bond donors (Lipinski definition) is 2. The van der Waals surface area contributed by atoms with E-state index in [0.29, 0.717) is 53.6 Å². The van der Waals surface area contributed by atoms with Crippen molar-refractivity contribution in [2.75, 3.05) is 17.8 Å². The van der Waals surface area contributed by atoms with Crippen LogP contribution < -0.4 is 4.72 Å². The number of halogens is 1. The Hall–Kier alpha value is -3.82. The van der Waals surface area contributed by atoms with Crippen LogP contribution in [0.4, 0.5) is 10.1 Å². The molecular formula is C27H24FN3O4S. The van der Waals surface area contributed by atoms with Gasteiger partial charge in [0.25, 0.3) is 15.9 Å². The zero-order chi connectivity index (χ0) is 25.3. The molecule has 184 valence electrons. The van der Waals surface area contributed by atoms with Crippen LogP contribution in [0.1, 0.15) is 28.8 Å². The summed E-state index contributed by atoms with van der Waals surface area (Å²) in [5, 5.41) is 11.7. The van der Waals surface area contributed by atoms with Crippen LogP contribution in [-0.2, 0) is 15.6 Å². The topological polar surface area (TPSA) is 99.6 Å². The van der Waals surface area contributed by atoms with Gasteiger partial charge in [0.2, 0.25) is 0 Å². The Kier molecular flexibility index (Phi) is 6.19. The highest BCUT2D eigenvalue weighted by molar-refractivity contribution is 7.93. The molecule has 1 fully saturated rings. The van der Waals surface area contributed by atoms with E-state index in [0.717, 1.165) is 0 Å². The van der Waals surface area contributed by atoms with E-state index in [-0.39, 0.29) is 16.6 Å². The molecule has 3 aromatic carbocycles. The second kappa shape index (κ2) is 9.33. The fraction of sp³-hybridized carbons (Fsp3) is 0.185. The van der Waals surface area contributed by atoms with Crippen molar-refractivity contribution in [3.63, 3.8) is 0 Å². The normalized spacial score (nSPS) is 15.6. The van der Waals surface area contributed by atoms with Crippen LogP contribution in [0.25, 0.3) is 10.9 Å². The summed E-state index contributed by atoms with van der Waals surface area (Å²) in [5.74, 6) is -0.571. The van der Waals surface area contributed by atoms with E-state index in [1.54, 1.807) is 71.8 Å². The van der Waals surface area contributed by atoms with E-state index in [1.165, 1.54) is 18.2 Å². The zero-order valence-corrected chi connectivity index (χ0v) is 20.1. The summed E-state index contributed by atoms with van der Waals surface area (Å²) >= 11 is 0. The average Bonchev–Trinajstić information content (AvgIpc) is 2.89. The molecule has 0 bridgehead atoms.